The SMILES string of the molecule is C[C@H]1CC=C[C@H]2c3c([nH]c4ccccc34)[C@H](c3c[nH]c4ccccc34)[C@@H]12. The number of aromatic nitrogens is 2. The number of aromatic amines is 2. The second-order valence-corrected chi connectivity index (χ2v) is 8.01. The summed E-state index contributed by atoms with van der Waals surface area (Å²) in [6, 6.07) is 17.5. The van der Waals surface area contributed by atoms with Crippen LogP contribution in [-0.2, 0) is 0 Å². The fraction of sp³-hybridized carbons (Fsp3) is 0.250. The van der Waals surface area contributed by atoms with Crippen molar-refractivity contribution >= 4 is 21.8 Å². The maximum absolute atomic E-state index is 3.81. The van der Waals surface area contributed by atoms with Gasteiger partial charge in [0.2, 0.25) is 0 Å². The van der Waals surface area contributed by atoms with Crippen LogP contribution in [0.2, 0.25) is 0 Å². The van der Waals surface area contributed by atoms with Crippen molar-refractivity contribution in [1.29, 1.82) is 0 Å². The highest BCUT2D eigenvalue weighted by Gasteiger charge is 2.46. The molecule has 26 heavy (non-hydrogen) atoms. The molecule has 128 valence electrons. The minimum Gasteiger partial charge on any atom is -0.361 e. The van der Waals surface area contributed by atoms with E-state index in [1.807, 2.05) is 0 Å². The highest BCUT2D eigenvalue weighted by molar-refractivity contribution is 5.89. The number of H-pyrrole nitrogens is 2. The number of nitrogens with one attached hydrogen (secondary N) is 2. The van der Waals surface area contributed by atoms with E-state index in [0.29, 0.717) is 23.7 Å². The molecule has 0 fully saturated rings. The Kier molecular flexibility index (Phi) is 2.85. The Morgan fingerprint density at radius 2 is 1.69 bits per heavy atom. The van der Waals surface area contributed by atoms with Crippen LogP contribution in [0.1, 0.15) is 42.0 Å². The second kappa shape index (κ2) is 5.14. The van der Waals surface area contributed by atoms with Gasteiger partial charge in [-0.3, -0.25) is 0 Å². The van der Waals surface area contributed by atoms with Crippen molar-refractivity contribution in [2.75, 3.05) is 0 Å². The van der Waals surface area contributed by atoms with Gasteiger partial charge in [-0.1, -0.05) is 55.5 Å². The second-order valence-electron chi connectivity index (χ2n) is 8.01. The van der Waals surface area contributed by atoms with E-state index in [4.69, 9.17) is 0 Å². The summed E-state index contributed by atoms with van der Waals surface area (Å²) in [4.78, 5) is 7.32. The van der Waals surface area contributed by atoms with E-state index >= 15 is 0 Å². The molecular weight excluding hydrogens is 316 g/mol. The summed E-state index contributed by atoms with van der Waals surface area (Å²) < 4.78 is 0. The molecule has 2 heterocycles. The normalized spacial score (nSPS) is 27.1. The van der Waals surface area contributed by atoms with Gasteiger partial charge in [-0.15, -0.1) is 0 Å². The number of benzene rings is 2. The maximum atomic E-state index is 3.81. The third kappa shape index (κ3) is 1.77. The minimum atomic E-state index is 0.429. The Morgan fingerprint density at radius 1 is 0.923 bits per heavy atom. The molecule has 2 N–H and O–H groups in total. The van der Waals surface area contributed by atoms with Crippen LogP contribution < -0.4 is 0 Å². The van der Waals surface area contributed by atoms with Gasteiger partial charge in [0, 0.05) is 45.5 Å². The van der Waals surface area contributed by atoms with Crippen molar-refractivity contribution in [3.63, 3.8) is 0 Å². The van der Waals surface area contributed by atoms with Crippen LogP contribution in [0.4, 0.5) is 0 Å². The van der Waals surface area contributed by atoms with Crippen LogP contribution in [0.3, 0.4) is 0 Å². The molecule has 0 saturated carbocycles. The first-order chi connectivity index (χ1) is 12.8. The molecule has 2 aromatic heterocycles. The molecular formula is C24H22N2. The van der Waals surface area contributed by atoms with Crippen molar-refractivity contribution in [2.45, 2.75) is 25.2 Å². The number of fused-ring (bicyclic) bond motifs is 6. The van der Waals surface area contributed by atoms with E-state index in [2.05, 4.69) is 83.8 Å². The molecule has 2 aromatic carbocycles. The monoisotopic (exact) mass is 338 g/mol. The fourth-order valence-corrected chi connectivity index (χ4v) is 5.60. The predicted molar refractivity (Wildman–Crippen MR) is 108 cm³/mol. The van der Waals surface area contributed by atoms with E-state index in [1.165, 1.54) is 45.0 Å². The third-order valence-corrected chi connectivity index (χ3v) is 6.69. The van der Waals surface area contributed by atoms with Gasteiger partial charge in [-0.05, 0) is 41.5 Å². The quantitative estimate of drug-likeness (QED) is 0.394. The Morgan fingerprint density at radius 3 is 2.58 bits per heavy atom. The molecule has 0 aliphatic heterocycles. The molecule has 2 heteroatoms. The van der Waals surface area contributed by atoms with Gasteiger partial charge in [0.25, 0.3) is 0 Å². The van der Waals surface area contributed by atoms with Crippen molar-refractivity contribution in [1.82, 2.24) is 9.97 Å². The maximum Gasteiger partial charge on any atom is 0.0459 e. The molecule has 0 radical (unpaired) electrons. The average Bonchev–Trinajstić information content (AvgIpc) is 3.33. The molecule has 4 atom stereocenters. The first-order valence-electron chi connectivity index (χ1n) is 9.66. The largest absolute Gasteiger partial charge is 0.361 e. The van der Waals surface area contributed by atoms with Gasteiger partial charge in [0.1, 0.15) is 0 Å². The van der Waals surface area contributed by atoms with Crippen LogP contribution in [0, 0.1) is 11.8 Å². The van der Waals surface area contributed by atoms with E-state index in [9.17, 15) is 0 Å². The number of rotatable bonds is 1. The number of hydrogen-bond donors (Lipinski definition) is 2. The Bertz CT molecular complexity index is 1160. The van der Waals surface area contributed by atoms with Crippen molar-refractivity contribution < 1.29 is 0 Å². The Labute approximate surface area is 152 Å². The topological polar surface area (TPSA) is 31.6 Å². The Balaban J connectivity index is 1.66. The summed E-state index contributed by atoms with van der Waals surface area (Å²) in [6.45, 7) is 2.43. The molecule has 0 amide bonds. The van der Waals surface area contributed by atoms with Gasteiger partial charge in [0.05, 0.1) is 0 Å². The first kappa shape index (κ1) is 14.4. The number of allylic oxidation sites excluding steroid dienone is 2. The highest BCUT2D eigenvalue weighted by atomic mass is 14.8. The fourth-order valence-electron chi connectivity index (χ4n) is 5.60. The zero-order valence-electron chi connectivity index (χ0n) is 14.9. The third-order valence-electron chi connectivity index (χ3n) is 6.69. The smallest absolute Gasteiger partial charge is 0.0459 e. The molecule has 2 aliphatic carbocycles. The van der Waals surface area contributed by atoms with Gasteiger partial charge in [-0.2, -0.15) is 0 Å². The van der Waals surface area contributed by atoms with Gasteiger partial charge < -0.3 is 9.97 Å². The van der Waals surface area contributed by atoms with Gasteiger partial charge in [0.15, 0.2) is 0 Å². The number of para-hydroxylation sites is 2. The highest BCUT2D eigenvalue weighted by Crippen LogP contribution is 2.58. The minimum absolute atomic E-state index is 0.429. The lowest BCUT2D eigenvalue weighted by Crippen LogP contribution is -2.23. The standard InChI is InChI=1S/C24H22N2/c1-14-7-6-10-17-21(14)23(18-13-25-19-11-4-2-8-15(18)19)24-22(17)16-9-3-5-12-20(16)26-24/h2-6,8-14,17,21,23,25-26H,7H2,1H3/t14-,17+,21-,23+/m0/s1. The molecule has 2 aliphatic rings. The lowest BCUT2D eigenvalue weighted by atomic mass is 9.71. The molecule has 0 spiro atoms. The molecule has 0 bridgehead atoms. The summed E-state index contributed by atoms with van der Waals surface area (Å²) in [5, 5.41) is 2.77. The molecule has 6 rings (SSSR count). The van der Waals surface area contributed by atoms with E-state index < -0.39 is 0 Å². The van der Waals surface area contributed by atoms with Crippen molar-refractivity contribution in [3.05, 3.63) is 83.7 Å². The van der Waals surface area contributed by atoms with Crippen LogP contribution in [-0.4, -0.2) is 9.97 Å². The first-order valence-corrected chi connectivity index (χ1v) is 9.66. The lowest BCUT2D eigenvalue weighted by Gasteiger charge is -2.32. The summed E-state index contributed by atoms with van der Waals surface area (Å²) in [7, 11) is 0. The summed E-state index contributed by atoms with van der Waals surface area (Å²) >= 11 is 0. The number of hydrogen-bond acceptors (Lipinski definition) is 0. The molecule has 4 aromatic rings. The van der Waals surface area contributed by atoms with Crippen LogP contribution in [0.25, 0.3) is 21.8 Å². The van der Waals surface area contributed by atoms with E-state index in [-0.39, 0.29) is 0 Å². The van der Waals surface area contributed by atoms with E-state index in [0.717, 1.165) is 0 Å². The van der Waals surface area contributed by atoms with Gasteiger partial charge in [-0.25, -0.2) is 0 Å². The van der Waals surface area contributed by atoms with E-state index in [1.54, 1.807) is 0 Å². The average molecular weight is 338 g/mol. The molecule has 2 nitrogen and oxygen atoms in total. The summed E-state index contributed by atoms with van der Waals surface area (Å²) in [5.74, 6) is 2.26. The zero-order chi connectivity index (χ0) is 17.3. The van der Waals surface area contributed by atoms with Crippen LogP contribution >= 0.6 is 0 Å². The van der Waals surface area contributed by atoms with Crippen molar-refractivity contribution in [2.24, 2.45) is 11.8 Å². The van der Waals surface area contributed by atoms with Crippen LogP contribution in [0.5, 0.6) is 0 Å². The molecule has 0 unspecified atom stereocenters. The zero-order valence-corrected chi connectivity index (χ0v) is 14.9. The predicted octanol–water partition coefficient (Wildman–Crippen LogP) is 6.09. The summed E-state index contributed by atoms with van der Waals surface area (Å²) in [6.07, 6.45) is 8.30. The van der Waals surface area contributed by atoms with Crippen LogP contribution in [0.15, 0.2) is 66.9 Å². The molecule has 0 saturated heterocycles. The summed E-state index contributed by atoms with van der Waals surface area (Å²) in [5.41, 5.74) is 6.92. The lowest BCUT2D eigenvalue weighted by molar-refractivity contribution is 0.308. The van der Waals surface area contributed by atoms with Gasteiger partial charge >= 0.3 is 0 Å². The van der Waals surface area contributed by atoms with Crippen molar-refractivity contribution in [3.8, 4) is 0 Å². The Hall–Kier alpha value is -2.74.